The topological polar surface area (TPSA) is 32.3 Å². The van der Waals surface area contributed by atoms with E-state index in [1.807, 2.05) is 11.8 Å². The molecule has 0 spiro atoms. The van der Waals surface area contributed by atoms with Crippen LogP contribution in [0.3, 0.4) is 0 Å². The maximum absolute atomic E-state index is 11.6. The van der Waals surface area contributed by atoms with E-state index in [0.29, 0.717) is 0 Å². The number of hydrogen-bond donors (Lipinski definition) is 2. The fourth-order valence-corrected chi connectivity index (χ4v) is 1.43. The molecule has 0 aromatic rings. The van der Waals surface area contributed by atoms with Crippen LogP contribution < -0.4 is 5.32 Å². The third kappa shape index (κ3) is 2.38. The van der Waals surface area contributed by atoms with E-state index in [1.165, 1.54) is 0 Å². The van der Waals surface area contributed by atoms with Gasteiger partial charge in [-0.1, -0.05) is 6.92 Å². The molecule has 1 fully saturated rings. The van der Waals surface area contributed by atoms with Crippen LogP contribution in [0.1, 0.15) is 13.3 Å². The van der Waals surface area contributed by atoms with Crippen LogP contribution in [0.15, 0.2) is 0 Å². The molecule has 4 heteroatoms. The fourth-order valence-electron chi connectivity index (χ4n) is 1.27. The first kappa shape index (κ1) is 9.86. The molecule has 1 N–H and O–H groups in total. The van der Waals surface area contributed by atoms with Gasteiger partial charge in [-0.15, -0.1) is 0 Å². The summed E-state index contributed by atoms with van der Waals surface area (Å²) in [6.45, 7) is 5.47. The van der Waals surface area contributed by atoms with Crippen LogP contribution in [0, 0.1) is 0 Å². The van der Waals surface area contributed by atoms with Crippen molar-refractivity contribution in [3.63, 3.8) is 0 Å². The normalized spacial score (nSPS) is 20.7. The summed E-state index contributed by atoms with van der Waals surface area (Å²) in [5.41, 5.74) is 0. The van der Waals surface area contributed by atoms with Gasteiger partial charge in [-0.3, -0.25) is 4.79 Å². The first-order valence-corrected chi connectivity index (χ1v) is 4.95. The molecule has 12 heavy (non-hydrogen) atoms. The maximum Gasteiger partial charge on any atom is 0.235 e. The van der Waals surface area contributed by atoms with E-state index in [-0.39, 0.29) is 11.2 Å². The van der Waals surface area contributed by atoms with Crippen molar-refractivity contribution in [1.29, 1.82) is 0 Å². The molecule has 1 aliphatic rings. The Morgan fingerprint density at radius 3 is 2.67 bits per heavy atom. The molecule has 0 radical (unpaired) electrons. The first-order valence-electron chi connectivity index (χ1n) is 4.43. The maximum atomic E-state index is 11.6. The Hall–Kier alpha value is -0.220. The zero-order chi connectivity index (χ0) is 8.97. The predicted octanol–water partition coefficient (Wildman–Crippen LogP) is 0.127. The number of carbonyl (C=O) groups excluding carboxylic acids is 1. The van der Waals surface area contributed by atoms with Gasteiger partial charge < -0.3 is 10.2 Å². The van der Waals surface area contributed by atoms with Gasteiger partial charge in [0.15, 0.2) is 0 Å². The lowest BCUT2D eigenvalue weighted by Gasteiger charge is -2.29. The third-order valence-corrected chi connectivity index (χ3v) is 2.69. The van der Waals surface area contributed by atoms with Gasteiger partial charge in [0.1, 0.15) is 0 Å². The van der Waals surface area contributed by atoms with Crippen molar-refractivity contribution in [2.24, 2.45) is 0 Å². The predicted molar refractivity (Wildman–Crippen MR) is 52.5 cm³/mol. The molecule has 1 amide bonds. The Morgan fingerprint density at radius 1 is 1.58 bits per heavy atom. The standard InChI is InChI=1S/C8H16N2OS/c1-2-7(12)8(11)10-5-3-9-4-6-10/h7,9,12H,2-6H2,1H3. The van der Waals surface area contributed by atoms with Crippen LogP contribution in [-0.4, -0.2) is 42.2 Å². The van der Waals surface area contributed by atoms with E-state index < -0.39 is 0 Å². The Balaban J connectivity index is 2.39. The van der Waals surface area contributed by atoms with Gasteiger partial charge in [0.2, 0.25) is 5.91 Å². The molecule has 0 aromatic carbocycles. The molecule has 1 unspecified atom stereocenters. The number of rotatable bonds is 2. The number of nitrogens with one attached hydrogen (secondary N) is 1. The van der Waals surface area contributed by atoms with Crippen molar-refractivity contribution in [2.45, 2.75) is 18.6 Å². The summed E-state index contributed by atoms with van der Waals surface area (Å²) in [6.07, 6.45) is 0.811. The number of carbonyl (C=O) groups is 1. The molecular formula is C8H16N2OS. The van der Waals surface area contributed by atoms with Gasteiger partial charge >= 0.3 is 0 Å². The van der Waals surface area contributed by atoms with E-state index in [0.717, 1.165) is 32.6 Å². The quantitative estimate of drug-likeness (QED) is 0.604. The van der Waals surface area contributed by atoms with Crippen LogP contribution in [-0.2, 0) is 4.79 Å². The zero-order valence-corrected chi connectivity index (χ0v) is 8.31. The van der Waals surface area contributed by atoms with Crippen LogP contribution in [0.2, 0.25) is 0 Å². The van der Waals surface area contributed by atoms with Crippen molar-refractivity contribution in [2.75, 3.05) is 26.2 Å². The minimum Gasteiger partial charge on any atom is -0.339 e. The largest absolute Gasteiger partial charge is 0.339 e. The van der Waals surface area contributed by atoms with Crippen LogP contribution in [0.5, 0.6) is 0 Å². The number of amides is 1. The highest BCUT2D eigenvalue weighted by Crippen LogP contribution is 2.06. The molecule has 70 valence electrons. The summed E-state index contributed by atoms with van der Waals surface area (Å²) >= 11 is 4.22. The lowest BCUT2D eigenvalue weighted by molar-refractivity contribution is -0.131. The monoisotopic (exact) mass is 188 g/mol. The van der Waals surface area contributed by atoms with E-state index in [4.69, 9.17) is 0 Å². The number of nitrogens with zero attached hydrogens (tertiary/aromatic N) is 1. The summed E-state index contributed by atoms with van der Waals surface area (Å²) in [6, 6.07) is 0. The van der Waals surface area contributed by atoms with Crippen molar-refractivity contribution in [3.8, 4) is 0 Å². The Bertz CT molecular complexity index is 157. The highest BCUT2D eigenvalue weighted by atomic mass is 32.1. The van der Waals surface area contributed by atoms with Gasteiger partial charge in [-0.25, -0.2) is 0 Å². The summed E-state index contributed by atoms with van der Waals surface area (Å²) in [7, 11) is 0. The zero-order valence-electron chi connectivity index (χ0n) is 7.42. The molecule has 1 heterocycles. The minimum absolute atomic E-state index is 0.108. The van der Waals surface area contributed by atoms with Crippen LogP contribution in [0.25, 0.3) is 0 Å². The second kappa shape index (κ2) is 4.72. The van der Waals surface area contributed by atoms with E-state index in [1.54, 1.807) is 0 Å². The summed E-state index contributed by atoms with van der Waals surface area (Å²) < 4.78 is 0. The minimum atomic E-state index is -0.108. The fraction of sp³-hybridized carbons (Fsp3) is 0.875. The molecule has 1 aliphatic heterocycles. The van der Waals surface area contributed by atoms with E-state index >= 15 is 0 Å². The first-order chi connectivity index (χ1) is 5.75. The number of thiol groups is 1. The molecule has 3 nitrogen and oxygen atoms in total. The SMILES string of the molecule is CCC(S)C(=O)N1CCNCC1. The summed E-state index contributed by atoms with van der Waals surface area (Å²) in [5, 5.41) is 3.10. The van der Waals surface area contributed by atoms with Gasteiger partial charge in [-0.2, -0.15) is 12.6 Å². The van der Waals surface area contributed by atoms with Crippen LogP contribution in [0.4, 0.5) is 0 Å². The molecule has 0 aliphatic carbocycles. The van der Waals surface area contributed by atoms with Gasteiger partial charge in [0, 0.05) is 26.2 Å². The highest BCUT2D eigenvalue weighted by molar-refractivity contribution is 7.81. The van der Waals surface area contributed by atoms with Crippen molar-refractivity contribution in [1.82, 2.24) is 10.2 Å². The third-order valence-electron chi connectivity index (χ3n) is 2.10. The van der Waals surface area contributed by atoms with Crippen molar-refractivity contribution in [3.05, 3.63) is 0 Å². The average Bonchev–Trinajstić information content (AvgIpc) is 2.17. The van der Waals surface area contributed by atoms with Gasteiger partial charge in [0.05, 0.1) is 5.25 Å². The second-order valence-electron chi connectivity index (χ2n) is 3.00. The molecule has 1 saturated heterocycles. The lowest BCUT2D eigenvalue weighted by atomic mass is 10.2. The second-order valence-corrected chi connectivity index (χ2v) is 3.62. The Labute approximate surface area is 78.9 Å². The molecule has 1 atom stereocenters. The average molecular weight is 188 g/mol. The highest BCUT2D eigenvalue weighted by Gasteiger charge is 2.20. The summed E-state index contributed by atoms with van der Waals surface area (Å²) in [4.78, 5) is 13.4. The molecule has 0 saturated carbocycles. The smallest absolute Gasteiger partial charge is 0.235 e. The molecule has 1 rings (SSSR count). The van der Waals surface area contributed by atoms with Gasteiger partial charge in [-0.05, 0) is 6.42 Å². The number of piperazine rings is 1. The molecule has 0 aromatic heterocycles. The molecule has 0 bridgehead atoms. The number of hydrogen-bond acceptors (Lipinski definition) is 3. The van der Waals surface area contributed by atoms with Crippen molar-refractivity contribution >= 4 is 18.5 Å². The van der Waals surface area contributed by atoms with Crippen LogP contribution >= 0.6 is 12.6 Å². The van der Waals surface area contributed by atoms with E-state index in [2.05, 4.69) is 17.9 Å². The van der Waals surface area contributed by atoms with Gasteiger partial charge in [0.25, 0.3) is 0 Å². The lowest BCUT2D eigenvalue weighted by Crippen LogP contribution is -2.48. The van der Waals surface area contributed by atoms with Crippen molar-refractivity contribution < 1.29 is 4.79 Å². The Kier molecular flexibility index (Phi) is 3.88. The van der Waals surface area contributed by atoms with E-state index in [9.17, 15) is 4.79 Å². The molecular weight excluding hydrogens is 172 g/mol. The summed E-state index contributed by atoms with van der Waals surface area (Å²) in [5.74, 6) is 0.183. The Morgan fingerprint density at radius 2 is 2.17 bits per heavy atom.